The Bertz CT molecular complexity index is 621. The van der Waals surface area contributed by atoms with E-state index in [4.69, 9.17) is 17.0 Å². The summed E-state index contributed by atoms with van der Waals surface area (Å²) in [5.74, 6) is 0. The highest BCUT2D eigenvalue weighted by Gasteiger charge is 2.04. The molecule has 0 aliphatic rings. The van der Waals surface area contributed by atoms with Gasteiger partial charge in [0, 0.05) is 35.8 Å². The SMILES string of the molecule is CCOCCCNC(=S)Nc1cccc2cc(Br)cnc12. The smallest absolute Gasteiger partial charge is 0.170 e. The van der Waals surface area contributed by atoms with Gasteiger partial charge in [0.1, 0.15) is 0 Å². The van der Waals surface area contributed by atoms with Crippen molar-refractivity contribution in [3.8, 4) is 0 Å². The van der Waals surface area contributed by atoms with Crippen LogP contribution in [0.15, 0.2) is 34.9 Å². The van der Waals surface area contributed by atoms with Gasteiger partial charge in [-0.3, -0.25) is 4.98 Å². The summed E-state index contributed by atoms with van der Waals surface area (Å²) >= 11 is 8.73. The van der Waals surface area contributed by atoms with E-state index in [9.17, 15) is 0 Å². The molecule has 0 fully saturated rings. The average molecular weight is 368 g/mol. The van der Waals surface area contributed by atoms with E-state index in [-0.39, 0.29) is 0 Å². The minimum Gasteiger partial charge on any atom is -0.382 e. The molecule has 0 unspecified atom stereocenters. The zero-order valence-corrected chi connectivity index (χ0v) is 14.3. The number of aromatic nitrogens is 1. The second-order valence-corrected chi connectivity index (χ2v) is 5.79. The van der Waals surface area contributed by atoms with Crippen molar-refractivity contribution in [3.63, 3.8) is 0 Å². The van der Waals surface area contributed by atoms with Gasteiger partial charge >= 0.3 is 0 Å². The standard InChI is InChI=1S/C15H18BrN3OS/c1-2-20-8-4-7-17-15(21)19-13-6-3-5-11-9-12(16)10-18-14(11)13/h3,5-6,9-10H,2,4,7-8H2,1H3,(H2,17,19,21). The summed E-state index contributed by atoms with van der Waals surface area (Å²) in [6.45, 7) is 4.27. The summed E-state index contributed by atoms with van der Waals surface area (Å²) in [6, 6.07) is 8.01. The Balaban J connectivity index is 1.95. The quantitative estimate of drug-likeness (QED) is 0.601. The number of hydrogen-bond acceptors (Lipinski definition) is 3. The average Bonchev–Trinajstić information content (AvgIpc) is 2.47. The summed E-state index contributed by atoms with van der Waals surface area (Å²) in [6.07, 6.45) is 2.71. The van der Waals surface area contributed by atoms with Crippen LogP contribution in [0.4, 0.5) is 5.69 Å². The van der Waals surface area contributed by atoms with E-state index in [0.717, 1.165) is 47.2 Å². The van der Waals surface area contributed by atoms with E-state index in [1.807, 2.05) is 31.2 Å². The maximum atomic E-state index is 5.30. The molecule has 0 aliphatic heterocycles. The Labute approximate surface area is 138 Å². The highest BCUT2D eigenvalue weighted by molar-refractivity contribution is 9.10. The van der Waals surface area contributed by atoms with Crippen molar-refractivity contribution >= 4 is 49.9 Å². The van der Waals surface area contributed by atoms with Crippen LogP contribution in [-0.2, 0) is 4.74 Å². The molecule has 0 radical (unpaired) electrons. The first-order valence-electron chi connectivity index (χ1n) is 6.87. The number of hydrogen-bond donors (Lipinski definition) is 2. The lowest BCUT2D eigenvalue weighted by Crippen LogP contribution is -2.29. The van der Waals surface area contributed by atoms with Crippen LogP contribution in [0.3, 0.4) is 0 Å². The van der Waals surface area contributed by atoms with Crippen LogP contribution < -0.4 is 10.6 Å². The molecular formula is C15H18BrN3OS. The van der Waals surface area contributed by atoms with Crippen LogP contribution in [0.2, 0.25) is 0 Å². The minimum absolute atomic E-state index is 0.601. The maximum Gasteiger partial charge on any atom is 0.170 e. The van der Waals surface area contributed by atoms with E-state index in [2.05, 4.69) is 31.5 Å². The van der Waals surface area contributed by atoms with Gasteiger partial charge in [-0.2, -0.15) is 0 Å². The predicted molar refractivity (Wildman–Crippen MR) is 94.8 cm³/mol. The van der Waals surface area contributed by atoms with Gasteiger partial charge in [-0.05, 0) is 53.6 Å². The molecule has 1 aromatic heterocycles. The van der Waals surface area contributed by atoms with Gasteiger partial charge in [-0.15, -0.1) is 0 Å². The number of nitrogens with zero attached hydrogens (tertiary/aromatic N) is 1. The molecule has 0 saturated heterocycles. The Hall–Kier alpha value is -1.24. The van der Waals surface area contributed by atoms with Crippen molar-refractivity contribution in [3.05, 3.63) is 34.9 Å². The van der Waals surface area contributed by atoms with Crippen molar-refractivity contribution < 1.29 is 4.74 Å². The highest BCUT2D eigenvalue weighted by atomic mass is 79.9. The summed E-state index contributed by atoms with van der Waals surface area (Å²) in [4.78, 5) is 4.44. The largest absolute Gasteiger partial charge is 0.382 e. The second kappa shape index (κ2) is 8.26. The first-order chi connectivity index (χ1) is 10.2. The van der Waals surface area contributed by atoms with Crippen molar-refractivity contribution in [2.75, 3.05) is 25.1 Å². The monoisotopic (exact) mass is 367 g/mol. The molecule has 1 aromatic carbocycles. The summed E-state index contributed by atoms with van der Waals surface area (Å²) in [5, 5.41) is 8.03. The molecule has 0 atom stereocenters. The predicted octanol–water partition coefficient (Wildman–Crippen LogP) is 3.71. The lowest BCUT2D eigenvalue weighted by molar-refractivity contribution is 0.146. The maximum absolute atomic E-state index is 5.30. The lowest BCUT2D eigenvalue weighted by Gasteiger charge is -2.12. The summed E-state index contributed by atoms with van der Waals surface area (Å²) in [5.41, 5.74) is 1.81. The van der Waals surface area contributed by atoms with Crippen LogP contribution in [0, 0.1) is 0 Å². The topological polar surface area (TPSA) is 46.2 Å². The van der Waals surface area contributed by atoms with Crippen LogP contribution in [-0.4, -0.2) is 29.9 Å². The fraction of sp³-hybridized carbons (Fsp3) is 0.333. The number of ether oxygens (including phenoxy) is 1. The number of thiocarbonyl (C=S) groups is 1. The fourth-order valence-electron chi connectivity index (χ4n) is 1.92. The Morgan fingerprint density at radius 2 is 2.29 bits per heavy atom. The van der Waals surface area contributed by atoms with E-state index in [1.165, 1.54) is 0 Å². The molecule has 2 aromatic rings. The second-order valence-electron chi connectivity index (χ2n) is 4.46. The molecular weight excluding hydrogens is 350 g/mol. The van der Waals surface area contributed by atoms with Crippen LogP contribution in [0.5, 0.6) is 0 Å². The van der Waals surface area contributed by atoms with Gasteiger partial charge in [0.25, 0.3) is 0 Å². The number of fused-ring (bicyclic) bond motifs is 1. The Kier molecular flexibility index (Phi) is 6.35. The van der Waals surface area contributed by atoms with E-state index < -0.39 is 0 Å². The molecule has 112 valence electrons. The highest BCUT2D eigenvalue weighted by Crippen LogP contribution is 2.23. The number of anilines is 1. The fourth-order valence-corrected chi connectivity index (χ4v) is 2.48. The molecule has 0 spiro atoms. The normalized spacial score (nSPS) is 10.6. The molecule has 0 saturated carbocycles. The number of benzene rings is 1. The van der Waals surface area contributed by atoms with Gasteiger partial charge in [-0.1, -0.05) is 12.1 Å². The summed E-state index contributed by atoms with van der Waals surface area (Å²) < 4.78 is 6.25. The van der Waals surface area contributed by atoms with Crippen molar-refractivity contribution in [2.45, 2.75) is 13.3 Å². The number of halogens is 1. The third-order valence-electron chi connectivity index (χ3n) is 2.88. The van der Waals surface area contributed by atoms with Gasteiger partial charge < -0.3 is 15.4 Å². The van der Waals surface area contributed by atoms with Crippen molar-refractivity contribution in [2.24, 2.45) is 0 Å². The third kappa shape index (κ3) is 4.91. The Morgan fingerprint density at radius 1 is 1.43 bits per heavy atom. The zero-order valence-electron chi connectivity index (χ0n) is 11.9. The van der Waals surface area contributed by atoms with Gasteiger partial charge in [0.15, 0.2) is 5.11 Å². The van der Waals surface area contributed by atoms with Crippen LogP contribution >= 0.6 is 28.1 Å². The van der Waals surface area contributed by atoms with E-state index >= 15 is 0 Å². The van der Waals surface area contributed by atoms with Crippen LogP contribution in [0.25, 0.3) is 10.9 Å². The molecule has 21 heavy (non-hydrogen) atoms. The van der Waals surface area contributed by atoms with E-state index in [0.29, 0.717) is 5.11 Å². The first-order valence-corrected chi connectivity index (χ1v) is 8.07. The molecule has 0 bridgehead atoms. The minimum atomic E-state index is 0.601. The van der Waals surface area contributed by atoms with Gasteiger partial charge in [0.05, 0.1) is 11.2 Å². The van der Waals surface area contributed by atoms with Crippen molar-refractivity contribution in [1.82, 2.24) is 10.3 Å². The number of nitrogens with one attached hydrogen (secondary N) is 2. The number of rotatable bonds is 6. The molecule has 4 nitrogen and oxygen atoms in total. The molecule has 0 aliphatic carbocycles. The Morgan fingerprint density at radius 3 is 3.10 bits per heavy atom. The lowest BCUT2D eigenvalue weighted by atomic mass is 10.2. The first kappa shape index (κ1) is 16.1. The molecule has 6 heteroatoms. The molecule has 2 rings (SSSR count). The summed E-state index contributed by atoms with van der Waals surface area (Å²) in [7, 11) is 0. The zero-order chi connectivity index (χ0) is 15.1. The van der Waals surface area contributed by atoms with Crippen LogP contribution in [0.1, 0.15) is 13.3 Å². The molecule has 1 heterocycles. The van der Waals surface area contributed by atoms with Gasteiger partial charge in [0.2, 0.25) is 0 Å². The molecule has 0 amide bonds. The number of para-hydroxylation sites is 1. The van der Waals surface area contributed by atoms with Gasteiger partial charge in [-0.25, -0.2) is 0 Å². The number of pyridine rings is 1. The van der Waals surface area contributed by atoms with E-state index in [1.54, 1.807) is 6.20 Å². The third-order valence-corrected chi connectivity index (χ3v) is 3.56. The van der Waals surface area contributed by atoms with Crippen molar-refractivity contribution in [1.29, 1.82) is 0 Å². The molecule has 2 N–H and O–H groups in total.